The monoisotopic (exact) mass is 208 g/mol. The number of likely N-dealkylation sites (tertiary alicyclic amines) is 1. The molecule has 0 aromatic carbocycles. The molecule has 0 aromatic rings. The smallest absolute Gasteiger partial charge is 0.226 e. The van der Waals surface area contributed by atoms with Gasteiger partial charge in [0.1, 0.15) is 0 Å². The maximum Gasteiger partial charge on any atom is 0.226 e. The van der Waals surface area contributed by atoms with Crippen LogP contribution in [0.15, 0.2) is 0 Å². The van der Waals surface area contributed by atoms with Crippen LogP contribution in [0.2, 0.25) is 0 Å². The molecule has 1 unspecified atom stereocenters. The molecular formula is C12H20N2O. The van der Waals surface area contributed by atoms with E-state index in [2.05, 4.69) is 24.1 Å². The van der Waals surface area contributed by atoms with Gasteiger partial charge in [0.05, 0.1) is 0 Å². The average molecular weight is 208 g/mol. The van der Waals surface area contributed by atoms with Crippen LogP contribution >= 0.6 is 0 Å². The molecule has 2 saturated heterocycles. The molecule has 0 spiro atoms. The highest BCUT2D eigenvalue weighted by Crippen LogP contribution is 2.52. The molecule has 1 aliphatic carbocycles. The van der Waals surface area contributed by atoms with Crippen molar-refractivity contribution < 1.29 is 4.79 Å². The number of hydrogen-bond acceptors (Lipinski definition) is 2. The Morgan fingerprint density at radius 1 is 1.40 bits per heavy atom. The Kier molecular flexibility index (Phi) is 1.91. The lowest BCUT2D eigenvalue weighted by Gasteiger charge is -2.31. The zero-order valence-corrected chi connectivity index (χ0v) is 9.62. The fraction of sp³-hybridized carbons (Fsp3) is 0.917. The molecular weight excluding hydrogens is 188 g/mol. The van der Waals surface area contributed by atoms with E-state index in [1.54, 1.807) is 0 Å². The molecule has 2 bridgehead atoms. The van der Waals surface area contributed by atoms with Crippen molar-refractivity contribution in [2.45, 2.75) is 32.7 Å². The number of amides is 1. The SMILES string of the molecule is CC1(C)CC1C(=O)N1C[C@@H]2CN[C@@H](C2)C1. The Morgan fingerprint density at radius 2 is 2.13 bits per heavy atom. The maximum absolute atomic E-state index is 12.2. The van der Waals surface area contributed by atoms with Crippen LogP contribution in [0.3, 0.4) is 0 Å². The van der Waals surface area contributed by atoms with E-state index in [-0.39, 0.29) is 5.41 Å². The van der Waals surface area contributed by atoms with Gasteiger partial charge < -0.3 is 10.2 Å². The summed E-state index contributed by atoms with van der Waals surface area (Å²) in [6.07, 6.45) is 2.36. The zero-order valence-electron chi connectivity index (χ0n) is 9.62. The van der Waals surface area contributed by atoms with Crippen LogP contribution in [-0.2, 0) is 4.79 Å². The van der Waals surface area contributed by atoms with Crippen LogP contribution < -0.4 is 5.32 Å². The maximum atomic E-state index is 12.2. The van der Waals surface area contributed by atoms with Gasteiger partial charge in [0.25, 0.3) is 0 Å². The van der Waals surface area contributed by atoms with Gasteiger partial charge in [0.15, 0.2) is 0 Å². The summed E-state index contributed by atoms with van der Waals surface area (Å²) < 4.78 is 0. The van der Waals surface area contributed by atoms with Gasteiger partial charge in [-0.25, -0.2) is 0 Å². The highest BCUT2D eigenvalue weighted by Gasteiger charge is 2.52. The number of piperidine rings is 1. The van der Waals surface area contributed by atoms with Gasteiger partial charge in [-0.1, -0.05) is 13.8 Å². The van der Waals surface area contributed by atoms with E-state index < -0.39 is 0 Å². The van der Waals surface area contributed by atoms with Crippen molar-refractivity contribution in [3.8, 4) is 0 Å². The minimum Gasteiger partial charge on any atom is -0.341 e. The van der Waals surface area contributed by atoms with Crippen LogP contribution in [0.5, 0.6) is 0 Å². The summed E-state index contributed by atoms with van der Waals surface area (Å²) in [4.78, 5) is 14.3. The second-order valence-electron chi connectivity index (χ2n) is 6.20. The van der Waals surface area contributed by atoms with Crippen molar-refractivity contribution >= 4 is 5.91 Å². The average Bonchev–Trinajstić information content (AvgIpc) is 2.70. The quantitative estimate of drug-likeness (QED) is 0.693. The standard InChI is InChI=1S/C12H20N2O/c1-12(2)4-10(12)11(15)14-6-8-3-9(7-14)13-5-8/h8-10,13H,3-7H2,1-2H3/t8-,9-,10?/m0/s1. The van der Waals surface area contributed by atoms with Gasteiger partial charge in [0.2, 0.25) is 5.91 Å². The van der Waals surface area contributed by atoms with Gasteiger partial charge in [-0.05, 0) is 24.2 Å². The molecule has 3 aliphatic rings. The Morgan fingerprint density at radius 3 is 2.73 bits per heavy atom. The van der Waals surface area contributed by atoms with Gasteiger partial charge in [-0.15, -0.1) is 0 Å². The van der Waals surface area contributed by atoms with Crippen LogP contribution in [0.4, 0.5) is 0 Å². The number of carbonyl (C=O) groups is 1. The number of hydrogen-bond donors (Lipinski definition) is 1. The van der Waals surface area contributed by atoms with Crippen molar-refractivity contribution in [2.75, 3.05) is 19.6 Å². The number of rotatable bonds is 1. The van der Waals surface area contributed by atoms with Gasteiger partial charge in [-0.3, -0.25) is 4.79 Å². The first-order valence-corrected chi connectivity index (χ1v) is 6.08. The molecule has 1 saturated carbocycles. The Balaban J connectivity index is 1.66. The topological polar surface area (TPSA) is 32.3 Å². The highest BCUT2D eigenvalue weighted by atomic mass is 16.2. The summed E-state index contributed by atoms with van der Waals surface area (Å²) in [5, 5.41) is 3.49. The van der Waals surface area contributed by atoms with E-state index in [1.165, 1.54) is 6.42 Å². The van der Waals surface area contributed by atoms with E-state index in [1.807, 2.05) is 0 Å². The van der Waals surface area contributed by atoms with Gasteiger partial charge >= 0.3 is 0 Å². The van der Waals surface area contributed by atoms with Crippen LogP contribution in [0.1, 0.15) is 26.7 Å². The predicted octanol–water partition coefficient (Wildman–Crippen LogP) is 0.853. The summed E-state index contributed by atoms with van der Waals surface area (Å²) in [6.45, 7) is 7.46. The third-order valence-corrected chi connectivity index (χ3v) is 4.36. The lowest BCUT2D eigenvalue weighted by atomic mass is 9.99. The minimum atomic E-state index is 0.279. The van der Waals surface area contributed by atoms with Crippen molar-refractivity contribution in [2.24, 2.45) is 17.3 Å². The number of fused-ring (bicyclic) bond motifs is 2. The lowest BCUT2D eigenvalue weighted by Crippen LogP contribution is -2.45. The molecule has 2 aliphatic heterocycles. The lowest BCUT2D eigenvalue weighted by molar-refractivity contribution is -0.134. The predicted molar refractivity (Wildman–Crippen MR) is 58.4 cm³/mol. The summed E-state index contributed by atoms with van der Waals surface area (Å²) >= 11 is 0. The second kappa shape index (κ2) is 2.97. The van der Waals surface area contributed by atoms with E-state index >= 15 is 0 Å². The van der Waals surface area contributed by atoms with Crippen LogP contribution in [-0.4, -0.2) is 36.5 Å². The molecule has 84 valence electrons. The molecule has 0 radical (unpaired) electrons. The molecule has 3 fully saturated rings. The van der Waals surface area contributed by atoms with E-state index in [0.29, 0.717) is 17.9 Å². The van der Waals surface area contributed by atoms with E-state index in [9.17, 15) is 4.79 Å². The number of carbonyl (C=O) groups excluding carboxylic acids is 1. The molecule has 1 amide bonds. The van der Waals surface area contributed by atoms with E-state index in [4.69, 9.17) is 0 Å². The molecule has 3 heteroatoms. The number of nitrogens with one attached hydrogen (secondary N) is 1. The second-order valence-corrected chi connectivity index (χ2v) is 6.20. The largest absolute Gasteiger partial charge is 0.341 e. The summed E-state index contributed by atoms with van der Waals surface area (Å²) in [5.74, 6) is 1.45. The minimum absolute atomic E-state index is 0.279. The molecule has 15 heavy (non-hydrogen) atoms. The van der Waals surface area contributed by atoms with Gasteiger partial charge in [0, 0.05) is 31.6 Å². The van der Waals surface area contributed by atoms with E-state index in [0.717, 1.165) is 32.0 Å². The molecule has 0 aromatic heterocycles. The Labute approximate surface area is 91.2 Å². The third kappa shape index (κ3) is 1.57. The van der Waals surface area contributed by atoms with Crippen molar-refractivity contribution in [3.05, 3.63) is 0 Å². The summed E-state index contributed by atoms with van der Waals surface area (Å²) in [6, 6.07) is 0.578. The van der Waals surface area contributed by atoms with Crippen LogP contribution in [0, 0.1) is 17.3 Å². The first-order chi connectivity index (χ1) is 7.06. The fourth-order valence-corrected chi connectivity index (χ4v) is 3.12. The molecule has 1 N–H and O–H groups in total. The molecule has 3 nitrogen and oxygen atoms in total. The Bertz CT molecular complexity index is 288. The summed E-state index contributed by atoms with van der Waals surface area (Å²) in [5.41, 5.74) is 0.279. The van der Waals surface area contributed by atoms with Crippen molar-refractivity contribution in [1.82, 2.24) is 10.2 Å². The first-order valence-electron chi connectivity index (χ1n) is 6.08. The first kappa shape index (κ1) is 9.64. The zero-order chi connectivity index (χ0) is 10.6. The van der Waals surface area contributed by atoms with Crippen LogP contribution in [0.25, 0.3) is 0 Å². The van der Waals surface area contributed by atoms with Crippen molar-refractivity contribution in [3.63, 3.8) is 0 Å². The normalized spacial score (nSPS) is 41.7. The Hall–Kier alpha value is -0.570. The molecule has 2 heterocycles. The number of nitrogens with zero attached hydrogens (tertiary/aromatic N) is 1. The fourth-order valence-electron chi connectivity index (χ4n) is 3.12. The highest BCUT2D eigenvalue weighted by molar-refractivity contribution is 5.82. The van der Waals surface area contributed by atoms with Crippen molar-refractivity contribution in [1.29, 1.82) is 0 Å². The molecule has 3 rings (SSSR count). The van der Waals surface area contributed by atoms with Gasteiger partial charge in [-0.2, -0.15) is 0 Å². The third-order valence-electron chi connectivity index (χ3n) is 4.36. The summed E-state index contributed by atoms with van der Waals surface area (Å²) in [7, 11) is 0. The molecule has 3 atom stereocenters.